The minimum Gasteiger partial charge on any atom is -0.346 e. The van der Waals surface area contributed by atoms with Gasteiger partial charge < -0.3 is 4.98 Å². The van der Waals surface area contributed by atoms with Crippen molar-refractivity contribution in [1.82, 2.24) is 14.7 Å². The topological polar surface area (TPSA) is 74.8 Å². The van der Waals surface area contributed by atoms with E-state index in [0.717, 1.165) is 27.9 Å². The summed E-state index contributed by atoms with van der Waals surface area (Å²) in [6.45, 7) is 0.203. The van der Waals surface area contributed by atoms with Gasteiger partial charge in [0.25, 0.3) is 0 Å². The number of hydrogen-bond donors (Lipinski definition) is 2. The van der Waals surface area contributed by atoms with Crippen LogP contribution < -0.4 is 4.72 Å². The Balaban J connectivity index is 1.84. The molecule has 0 saturated heterocycles. The van der Waals surface area contributed by atoms with Crippen molar-refractivity contribution in [3.63, 3.8) is 0 Å². The number of halogens is 1. The summed E-state index contributed by atoms with van der Waals surface area (Å²) in [5.41, 5.74) is 1.60. The van der Waals surface area contributed by atoms with Crippen LogP contribution in [-0.4, -0.2) is 18.4 Å². The monoisotopic (exact) mass is 327 g/mol. The highest BCUT2D eigenvalue weighted by Crippen LogP contribution is 2.25. The molecule has 3 aromatic rings. The Morgan fingerprint density at radius 2 is 2.15 bits per heavy atom. The van der Waals surface area contributed by atoms with E-state index in [4.69, 9.17) is 11.6 Å². The lowest BCUT2D eigenvalue weighted by atomic mass is 10.2. The second kappa shape index (κ2) is 5.17. The van der Waals surface area contributed by atoms with E-state index in [9.17, 15) is 8.42 Å². The third-order valence-corrected chi connectivity index (χ3v) is 5.94. The molecule has 20 heavy (non-hydrogen) atoms. The molecular formula is C12H10ClN3O2S2. The molecule has 3 heterocycles. The number of hydrogen-bond acceptors (Lipinski definition) is 4. The maximum Gasteiger partial charge on any atom is 0.250 e. The number of aromatic nitrogens is 2. The minimum absolute atomic E-state index is 0.203. The SMILES string of the molecule is O=S(=O)(NCc1ccnc2[nH]ccc12)c1ccc(Cl)s1. The summed E-state index contributed by atoms with van der Waals surface area (Å²) in [4.78, 5) is 7.15. The molecule has 0 atom stereocenters. The molecule has 104 valence electrons. The number of nitrogens with zero attached hydrogens (tertiary/aromatic N) is 1. The lowest BCUT2D eigenvalue weighted by molar-refractivity contribution is 0.583. The van der Waals surface area contributed by atoms with Crippen molar-refractivity contribution in [2.75, 3.05) is 0 Å². The van der Waals surface area contributed by atoms with Crippen LogP contribution in [-0.2, 0) is 16.6 Å². The zero-order chi connectivity index (χ0) is 14.2. The molecule has 2 N–H and O–H groups in total. The molecule has 3 rings (SSSR count). The first kappa shape index (κ1) is 13.6. The number of nitrogens with one attached hydrogen (secondary N) is 2. The van der Waals surface area contributed by atoms with Crippen LogP contribution in [0.1, 0.15) is 5.56 Å². The first-order chi connectivity index (χ1) is 9.56. The third kappa shape index (κ3) is 2.57. The first-order valence-electron chi connectivity index (χ1n) is 5.72. The van der Waals surface area contributed by atoms with E-state index in [1.807, 2.05) is 6.07 Å². The van der Waals surface area contributed by atoms with Gasteiger partial charge in [-0.25, -0.2) is 18.1 Å². The second-order valence-electron chi connectivity index (χ2n) is 4.09. The van der Waals surface area contributed by atoms with E-state index < -0.39 is 10.0 Å². The van der Waals surface area contributed by atoms with Gasteiger partial charge in [-0.3, -0.25) is 0 Å². The average Bonchev–Trinajstić information content (AvgIpc) is 3.05. The summed E-state index contributed by atoms with van der Waals surface area (Å²) in [6.07, 6.45) is 3.42. The highest BCUT2D eigenvalue weighted by Gasteiger charge is 2.16. The predicted octanol–water partition coefficient (Wildman–Crippen LogP) is 2.76. The molecule has 0 aliphatic carbocycles. The molecule has 8 heteroatoms. The highest BCUT2D eigenvalue weighted by atomic mass is 35.5. The van der Waals surface area contributed by atoms with Gasteiger partial charge in [0.1, 0.15) is 9.86 Å². The van der Waals surface area contributed by atoms with Gasteiger partial charge in [0, 0.05) is 24.3 Å². The predicted molar refractivity (Wildman–Crippen MR) is 79.4 cm³/mol. The Bertz CT molecular complexity index is 854. The molecule has 0 unspecified atom stereocenters. The zero-order valence-electron chi connectivity index (χ0n) is 10.1. The van der Waals surface area contributed by atoms with E-state index in [2.05, 4.69) is 14.7 Å². The maximum absolute atomic E-state index is 12.1. The summed E-state index contributed by atoms with van der Waals surface area (Å²) in [5, 5.41) is 0.902. The number of sulfonamides is 1. The van der Waals surface area contributed by atoms with Crippen LogP contribution in [0, 0.1) is 0 Å². The largest absolute Gasteiger partial charge is 0.346 e. The van der Waals surface area contributed by atoms with Crippen molar-refractivity contribution < 1.29 is 8.42 Å². The van der Waals surface area contributed by atoms with Crippen LogP contribution in [0.15, 0.2) is 40.9 Å². The van der Waals surface area contributed by atoms with Crippen molar-refractivity contribution in [3.05, 3.63) is 46.6 Å². The molecule has 0 spiro atoms. The van der Waals surface area contributed by atoms with Gasteiger partial charge in [0.15, 0.2) is 0 Å². The van der Waals surface area contributed by atoms with Crippen LogP contribution in [0.25, 0.3) is 11.0 Å². The van der Waals surface area contributed by atoms with Gasteiger partial charge in [-0.15, -0.1) is 11.3 Å². The number of rotatable bonds is 4. The summed E-state index contributed by atoms with van der Waals surface area (Å²) >= 11 is 6.79. The van der Waals surface area contributed by atoms with Crippen molar-refractivity contribution in [1.29, 1.82) is 0 Å². The van der Waals surface area contributed by atoms with Gasteiger partial charge >= 0.3 is 0 Å². The standard InChI is InChI=1S/C12H10ClN3O2S2/c13-10-1-2-11(19-10)20(17,18)16-7-8-3-5-14-12-9(8)4-6-15-12/h1-6,16H,7H2,(H,14,15). The van der Waals surface area contributed by atoms with E-state index in [1.54, 1.807) is 24.5 Å². The van der Waals surface area contributed by atoms with Gasteiger partial charge in [0.05, 0.1) is 4.34 Å². The fraction of sp³-hybridized carbons (Fsp3) is 0.0833. The maximum atomic E-state index is 12.1. The Labute approximate surface area is 124 Å². The van der Waals surface area contributed by atoms with Crippen molar-refractivity contribution in [3.8, 4) is 0 Å². The third-order valence-electron chi connectivity index (χ3n) is 2.82. The normalized spacial score (nSPS) is 12.1. The van der Waals surface area contributed by atoms with Gasteiger partial charge in [-0.2, -0.15) is 0 Å². The molecule has 0 aliphatic rings. The zero-order valence-corrected chi connectivity index (χ0v) is 12.5. The molecule has 0 aliphatic heterocycles. The van der Waals surface area contributed by atoms with Gasteiger partial charge in [-0.05, 0) is 29.8 Å². The summed E-state index contributed by atoms with van der Waals surface area (Å²) in [5.74, 6) is 0. The molecule has 0 bridgehead atoms. The summed E-state index contributed by atoms with van der Waals surface area (Å²) < 4.78 is 27.4. The Morgan fingerprint density at radius 1 is 1.30 bits per heavy atom. The van der Waals surface area contributed by atoms with Crippen molar-refractivity contribution in [2.45, 2.75) is 10.8 Å². The molecular weight excluding hydrogens is 318 g/mol. The highest BCUT2D eigenvalue weighted by molar-refractivity contribution is 7.91. The number of H-pyrrole nitrogens is 1. The molecule has 0 radical (unpaired) electrons. The van der Waals surface area contributed by atoms with Crippen LogP contribution in [0.3, 0.4) is 0 Å². The fourth-order valence-electron chi connectivity index (χ4n) is 1.86. The number of aromatic amines is 1. The van der Waals surface area contributed by atoms with Crippen LogP contribution in [0.4, 0.5) is 0 Å². The van der Waals surface area contributed by atoms with Crippen LogP contribution in [0.5, 0.6) is 0 Å². The molecule has 5 nitrogen and oxygen atoms in total. The smallest absolute Gasteiger partial charge is 0.250 e. The molecule has 0 saturated carbocycles. The van der Waals surface area contributed by atoms with E-state index in [0.29, 0.717) is 4.34 Å². The minimum atomic E-state index is -3.54. The number of pyridine rings is 1. The van der Waals surface area contributed by atoms with E-state index >= 15 is 0 Å². The van der Waals surface area contributed by atoms with E-state index in [1.165, 1.54) is 6.07 Å². The second-order valence-corrected chi connectivity index (χ2v) is 7.80. The molecule has 0 fully saturated rings. The quantitative estimate of drug-likeness (QED) is 0.773. The Hall–Kier alpha value is -1.41. The number of thiophene rings is 1. The Kier molecular flexibility index (Phi) is 3.51. The van der Waals surface area contributed by atoms with E-state index in [-0.39, 0.29) is 10.8 Å². The van der Waals surface area contributed by atoms with Crippen LogP contribution >= 0.6 is 22.9 Å². The molecule has 3 aromatic heterocycles. The molecule has 0 amide bonds. The first-order valence-corrected chi connectivity index (χ1v) is 8.40. The van der Waals surface area contributed by atoms with Gasteiger partial charge in [0.2, 0.25) is 10.0 Å². The Morgan fingerprint density at radius 3 is 2.90 bits per heavy atom. The fourth-order valence-corrected chi connectivity index (χ4v) is 4.39. The van der Waals surface area contributed by atoms with Crippen molar-refractivity contribution >= 4 is 44.0 Å². The van der Waals surface area contributed by atoms with Crippen LogP contribution in [0.2, 0.25) is 4.34 Å². The lowest BCUT2D eigenvalue weighted by Crippen LogP contribution is -2.22. The molecule has 0 aromatic carbocycles. The lowest BCUT2D eigenvalue weighted by Gasteiger charge is -2.05. The summed E-state index contributed by atoms with van der Waals surface area (Å²) in [6, 6.07) is 6.72. The average molecular weight is 328 g/mol. The number of fused-ring (bicyclic) bond motifs is 1. The van der Waals surface area contributed by atoms with Crippen molar-refractivity contribution in [2.24, 2.45) is 0 Å². The van der Waals surface area contributed by atoms with Gasteiger partial charge in [-0.1, -0.05) is 11.6 Å². The summed E-state index contributed by atoms with van der Waals surface area (Å²) in [7, 11) is -3.54.